The fourth-order valence-corrected chi connectivity index (χ4v) is 2.14. The minimum absolute atomic E-state index is 0.00784. The molecule has 0 unspecified atom stereocenters. The topological polar surface area (TPSA) is 46.1 Å². The monoisotopic (exact) mass is 285 g/mol. The minimum atomic E-state index is -0.593. The number of thiazole rings is 1. The first-order valence-corrected chi connectivity index (χ1v) is 6.33. The molecule has 0 saturated heterocycles. The molecule has 0 atom stereocenters. The largest absolute Gasteiger partial charge is 0.336 e. The summed E-state index contributed by atoms with van der Waals surface area (Å²) in [6, 6.07) is 1.08. The van der Waals surface area contributed by atoms with Crippen LogP contribution in [0.15, 0.2) is 23.2 Å². The van der Waals surface area contributed by atoms with Gasteiger partial charge in [0.15, 0.2) is 0 Å². The Kier molecular flexibility index (Phi) is 3.88. The Bertz CT molecular complexity index is 561. The zero-order valence-corrected chi connectivity index (χ0v) is 11.0. The molecule has 2 aromatic heterocycles. The van der Waals surface area contributed by atoms with Gasteiger partial charge in [0.25, 0.3) is 5.91 Å². The number of hydrogen-bond donors (Lipinski definition) is 0. The van der Waals surface area contributed by atoms with Gasteiger partial charge in [-0.2, -0.15) is 0 Å². The minimum Gasteiger partial charge on any atom is -0.336 e. The van der Waals surface area contributed by atoms with E-state index >= 15 is 0 Å². The number of carbonyl (C=O) groups is 1. The van der Waals surface area contributed by atoms with Crippen LogP contribution < -0.4 is 0 Å². The second-order valence-corrected chi connectivity index (χ2v) is 4.71. The number of hydrogen-bond acceptors (Lipinski definition) is 4. The van der Waals surface area contributed by atoms with E-state index in [9.17, 15) is 9.18 Å². The maximum Gasteiger partial charge on any atom is 0.257 e. The Morgan fingerprint density at radius 1 is 1.56 bits per heavy atom. The molecule has 0 aliphatic rings. The molecular formula is C11H9ClFN3OS. The van der Waals surface area contributed by atoms with Crippen molar-refractivity contribution in [2.24, 2.45) is 0 Å². The molecular weight excluding hydrogens is 277 g/mol. The average Bonchev–Trinajstić information content (AvgIpc) is 2.84. The summed E-state index contributed by atoms with van der Waals surface area (Å²) in [5.74, 6) is -0.982. The van der Waals surface area contributed by atoms with Crippen LogP contribution in [0.3, 0.4) is 0 Å². The smallest absolute Gasteiger partial charge is 0.257 e. The van der Waals surface area contributed by atoms with E-state index in [-0.39, 0.29) is 16.6 Å². The third kappa shape index (κ3) is 2.83. The lowest BCUT2D eigenvalue weighted by Crippen LogP contribution is -2.26. The highest BCUT2D eigenvalue weighted by molar-refractivity contribution is 7.07. The Labute approximate surface area is 112 Å². The van der Waals surface area contributed by atoms with Crippen LogP contribution in [0, 0.1) is 5.82 Å². The molecule has 0 aliphatic heterocycles. The van der Waals surface area contributed by atoms with Crippen LogP contribution in [-0.2, 0) is 6.54 Å². The standard InChI is InChI=1S/C11H9ClFN3OS/c1-16(4-8-5-18-6-15-8)11(17)9-2-7(13)3-14-10(9)12/h2-3,5-6H,4H2,1H3. The van der Waals surface area contributed by atoms with Crippen molar-refractivity contribution in [3.05, 3.63) is 45.4 Å². The van der Waals surface area contributed by atoms with Gasteiger partial charge in [0, 0.05) is 12.4 Å². The second-order valence-electron chi connectivity index (χ2n) is 3.63. The number of aromatic nitrogens is 2. The Hall–Kier alpha value is -1.53. The Morgan fingerprint density at radius 2 is 2.33 bits per heavy atom. The number of carbonyl (C=O) groups excluding carboxylic acids is 1. The summed E-state index contributed by atoms with van der Waals surface area (Å²) in [4.78, 5) is 21.2. The summed E-state index contributed by atoms with van der Waals surface area (Å²) in [6.07, 6.45) is 0.972. The molecule has 0 N–H and O–H groups in total. The van der Waals surface area contributed by atoms with Gasteiger partial charge >= 0.3 is 0 Å². The zero-order valence-electron chi connectivity index (χ0n) is 9.43. The van der Waals surface area contributed by atoms with E-state index in [4.69, 9.17) is 11.6 Å². The van der Waals surface area contributed by atoms with E-state index in [2.05, 4.69) is 9.97 Å². The molecule has 2 heterocycles. The van der Waals surface area contributed by atoms with Gasteiger partial charge in [0.1, 0.15) is 11.0 Å². The van der Waals surface area contributed by atoms with Crippen molar-refractivity contribution in [1.29, 1.82) is 0 Å². The third-order valence-electron chi connectivity index (χ3n) is 2.27. The van der Waals surface area contributed by atoms with Gasteiger partial charge in [-0.1, -0.05) is 11.6 Å². The van der Waals surface area contributed by atoms with Gasteiger partial charge in [-0.25, -0.2) is 14.4 Å². The van der Waals surface area contributed by atoms with Crippen LogP contribution in [0.4, 0.5) is 4.39 Å². The second kappa shape index (κ2) is 5.41. The van der Waals surface area contributed by atoms with Gasteiger partial charge in [-0.05, 0) is 6.07 Å². The van der Waals surface area contributed by atoms with Crippen LogP contribution in [0.1, 0.15) is 16.1 Å². The summed E-state index contributed by atoms with van der Waals surface area (Å²) in [7, 11) is 1.60. The fraction of sp³-hybridized carbons (Fsp3) is 0.182. The first-order chi connectivity index (χ1) is 8.58. The van der Waals surface area contributed by atoms with Crippen LogP contribution in [0.5, 0.6) is 0 Å². The predicted octanol–water partition coefficient (Wildman–Crippen LogP) is 2.60. The maximum atomic E-state index is 13.0. The highest BCUT2D eigenvalue weighted by Gasteiger charge is 2.17. The van der Waals surface area contributed by atoms with Crippen molar-refractivity contribution >= 4 is 28.8 Å². The van der Waals surface area contributed by atoms with Gasteiger partial charge in [-0.15, -0.1) is 11.3 Å². The quantitative estimate of drug-likeness (QED) is 0.815. The molecule has 94 valence electrons. The van der Waals surface area contributed by atoms with Crippen molar-refractivity contribution in [3.63, 3.8) is 0 Å². The number of halogens is 2. The van der Waals surface area contributed by atoms with Gasteiger partial charge < -0.3 is 4.90 Å². The molecule has 7 heteroatoms. The fourth-order valence-electron chi connectivity index (χ4n) is 1.41. The Balaban J connectivity index is 2.17. The van der Waals surface area contributed by atoms with Crippen molar-refractivity contribution in [1.82, 2.24) is 14.9 Å². The van der Waals surface area contributed by atoms with Crippen LogP contribution in [-0.4, -0.2) is 27.8 Å². The molecule has 0 spiro atoms. The van der Waals surface area contributed by atoms with Gasteiger partial charge in [0.2, 0.25) is 0 Å². The molecule has 0 aromatic carbocycles. The third-order valence-corrected chi connectivity index (χ3v) is 3.20. The lowest BCUT2D eigenvalue weighted by molar-refractivity contribution is 0.0783. The highest BCUT2D eigenvalue weighted by Crippen LogP contribution is 2.16. The van der Waals surface area contributed by atoms with E-state index < -0.39 is 5.82 Å². The first-order valence-electron chi connectivity index (χ1n) is 5.01. The molecule has 4 nitrogen and oxygen atoms in total. The van der Waals surface area contributed by atoms with Crippen LogP contribution >= 0.6 is 22.9 Å². The van der Waals surface area contributed by atoms with Gasteiger partial charge in [-0.3, -0.25) is 4.79 Å². The summed E-state index contributed by atoms with van der Waals surface area (Å²) >= 11 is 7.23. The van der Waals surface area contributed by atoms with E-state index in [0.717, 1.165) is 18.0 Å². The maximum absolute atomic E-state index is 13.0. The summed E-state index contributed by atoms with van der Waals surface area (Å²) in [6.45, 7) is 0.342. The van der Waals surface area contributed by atoms with E-state index in [1.54, 1.807) is 12.6 Å². The summed E-state index contributed by atoms with van der Waals surface area (Å²) in [5.41, 5.74) is 2.51. The lowest BCUT2D eigenvalue weighted by atomic mass is 10.2. The molecule has 2 aromatic rings. The van der Waals surface area contributed by atoms with E-state index in [1.165, 1.54) is 16.2 Å². The number of pyridine rings is 1. The van der Waals surface area contributed by atoms with Crippen molar-refractivity contribution in [2.75, 3.05) is 7.05 Å². The molecule has 0 saturated carbocycles. The van der Waals surface area contributed by atoms with Gasteiger partial charge in [0.05, 0.1) is 29.5 Å². The molecule has 0 bridgehead atoms. The van der Waals surface area contributed by atoms with Crippen LogP contribution in [0.2, 0.25) is 5.15 Å². The number of rotatable bonds is 3. The number of nitrogens with zero attached hydrogens (tertiary/aromatic N) is 3. The zero-order chi connectivity index (χ0) is 13.1. The van der Waals surface area contributed by atoms with Crippen molar-refractivity contribution < 1.29 is 9.18 Å². The van der Waals surface area contributed by atoms with E-state index in [1.807, 2.05) is 5.38 Å². The molecule has 0 fully saturated rings. The highest BCUT2D eigenvalue weighted by atomic mass is 35.5. The number of amides is 1. The molecule has 1 amide bonds. The van der Waals surface area contributed by atoms with Crippen molar-refractivity contribution in [3.8, 4) is 0 Å². The van der Waals surface area contributed by atoms with Crippen LogP contribution in [0.25, 0.3) is 0 Å². The normalized spacial score (nSPS) is 10.4. The Morgan fingerprint density at radius 3 is 3.00 bits per heavy atom. The molecule has 2 rings (SSSR count). The summed E-state index contributed by atoms with van der Waals surface area (Å²) < 4.78 is 13.0. The molecule has 0 radical (unpaired) electrons. The molecule has 0 aliphatic carbocycles. The first kappa shape index (κ1) is 12.9. The summed E-state index contributed by atoms with van der Waals surface area (Å²) in [5, 5.41) is 1.83. The molecule has 18 heavy (non-hydrogen) atoms. The average molecular weight is 286 g/mol. The lowest BCUT2D eigenvalue weighted by Gasteiger charge is -2.16. The predicted molar refractivity (Wildman–Crippen MR) is 67.1 cm³/mol. The van der Waals surface area contributed by atoms with E-state index in [0.29, 0.717) is 6.54 Å². The van der Waals surface area contributed by atoms with Crippen molar-refractivity contribution in [2.45, 2.75) is 6.54 Å². The SMILES string of the molecule is CN(Cc1cscn1)C(=O)c1cc(F)cnc1Cl.